The Morgan fingerprint density at radius 1 is 1.21 bits per heavy atom. The van der Waals surface area contributed by atoms with Gasteiger partial charge in [-0.3, -0.25) is 0 Å². The molecule has 0 bridgehead atoms. The molecule has 0 saturated heterocycles. The maximum Gasteiger partial charge on any atom is 0.416 e. The molecule has 154 valence electrons. The standard InChI is InChI=1S/C18H14BrF3N2O4S/c1-23-17(25)28-10-11-9-24(16-8-13(19)5-6-15(11)16)29(26,27)14-4-2-3-12(7-14)18(20,21)22/h2-9H,10H2,1H3,(H,23,25). The smallest absolute Gasteiger partial charge is 0.416 e. The summed E-state index contributed by atoms with van der Waals surface area (Å²) in [7, 11) is -2.97. The fourth-order valence-corrected chi connectivity index (χ4v) is 4.49. The third-order valence-corrected chi connectivity index (χ3v) is 6.26. The van der Waals surface area contributed by atoms with Crippen LogP contribution in [0.5, 0.6) is 0 Å². The van der Waals surface area contributed by atoms with Gasteiger partial charge < -0.3 is 10.1 Å². The summed E-state index contributed by atoms with van der Waals surface area (Å²) in [5.74, 6) is 0. The van der Waals surface area contributed by atoms with Gasteiger partial charge >= 0.3 is 12.3 Å². The van der Waals surface area contributed by atoms with Crippen LogP contribution in [0.2, 0.25) is 0 Å². The lowest BCUT2D eigenvalue weighted by Crippen LogP contribution is -2.18. The van der Waals surface area contributed by atoms with Gasteiger partial charge in [0.2, 0.25) is 0 Å². The zero-order chi connectivity index (χ0) is 21.4. The number of nitrogens with one attached hydrogen (secondary N) is 1. The summed E-state index contributed by atoms with van der Waals surface area (Å²) in [6.07, 6.45) is -4.15. The zero-order valence-electron chi connectivity index (χ0n) is 14.8. The lowest BCUT2D eigenvalue weighted by atomic mass is 10.2. The van der Waals surface area contributed by atoms with E-state index in [-0.39, 0.29) is 12.1 Å². The Kier molecular flexibility index (Phi) is 5.63. The lowest BCUT2D eigenvalue weighted by Gasteiger charge is -2.11. The Morgan fingerprint density at radius 2 is 1.93 bits per heavy atom. The van der Waals surface area contributed by atoms with Gasteiger partial charge in [0.05, 0.1) is 16.0 Å². The van der Waals surface area contributed by atoms with Crippen LogP contribution in [-0.2, 0) is 27.5 Å². The van der Waals surface area contributed by atoms with Crippen LogP contribution in [0.4, 0.5) is 18.0 Å². The molecule has 0 unspecified atom stereocenters. The van der Waals surface area contributed by atoms with Crippen molar-refractivity contribution < 1.29 is 31.1 Å². The van der Waals surface area contributed by atoms with Crippen LogP contribution < -0.4 is 5.32 Å². The number of amides is 1. The van der Waals surface area contributed by atoms with Crippen molar-refractivity contribution in [1.29, 1.82) is 0 Å². The fraction of sp³-hybridized carbons (Fsp3) is 0.167. The lowest BCUT2D eigenvalue weighted by molar-refractivity contribution is -0.137. The van der Waals surface area contributed by atoms with E-state index in [0.717, 1.165) is 22.2 Å². The van der Waals surface area contributed by atoms with Crippen molar-refractivity contribution in [1.82, 2.24) is 9.29 Å². The summed E-state index contributed by atoms with van der Waals surface area (Å²) in [4.78, 5) is 10.8. The monoisotopic (exact) mass is 490 g/mol. The maximum absolute atomic E-state index is 13.1. The number of hydrogen-bond acceptors (Lipinski definition) is 4. The second kappa shape index (κ2) is 7.71. The Hall–Kier alpha value is -2.53. The molecule has 0 radical (unpaired) electrons. The van der Waals surface area contributed by atoms with Crippen LogP contribution in [0.25, 0.3) is 10.9 Å². The molecule has 0 saturated carbocycles. The fourth-order valence-electron chi connectivity index (χ4n) is 2.72. The number of fused-ring (bicyclic) bond motifs is 1. The number of rotatable bonds is 4. The predicted octanol–water partition coefficient (Wildman–Crippen LogP) is 4.52. The maximum atomic E-state index is 13.1. The van der Waals surface area contributed by atoms with Gasteiger partial charge in [0.25, 0.3) is 10.0 Å². The highest BCUT2D eigenvalue weighted by Crippen LogP contribution is 2.33. The number of alkyl halides is 3. The third-order valence-electron chi connectivity index (χ3n) is 4.10. The topological polar surface area (TPSA) is 77.4 Å². The average Bonchev–Trinajstić information content (AvgIpc) is 3.04. The number of alkyl carbamates (subject to hydrolysis) is 1. The van der Waals surface area contributed by atoms with Gasteiger partial charge in [-0.05, 0) is 30.3 Å². The van der Waals surface area contributed by atoms with Crippen molar-refractivity contribution in [2.24, 2.45) is 0 Å². The highest BCUT2D eigenvalue weighted by atomic mass is 79.9. The molecule has 1 heterocycles. The normalized spacial score (nSPS) is 12.2. The van der Waals surface area contributed by atoms with E-state index in [2.05, 4.69) is 21.2 Å². The molecule has 0 spiro atoms. The minimum Gasteiger partial charge on any atom is -0.445 e. The molecule has 6 nitrogen and oxygen atoms in total. The molecular formula is C18H14BrF3N2O4S. The summed E-state index contributed by atoms with van der Waals surface area (Å²) in [6, 6.07) is 8.32. The van der Waals surface area contributed by atoms with E-state index in [1.807, 2.05) is 0 Å². The molecule has 1 N–H and O–H groups in total. The molecule has 1 amide bonds. The minimum atomic E-state index is -4.68. The quantitative estimate of drug-likeness (QED) is 0.583. The molecular weight excluding hydrogens is 477 g/mol. The van der Waals surface area contributed by atoms with Gasteiger partial charge in [0.1, 0.15) is 6.61 Å². The molecule has 11 heteroatoms. The molecule has 0 aliphatic heterocycles. The first-order chi connectivity index (χ1) is 13.5. The van der Waals surface area contributed by atoms with Crippen LogP contribution in [-0.4, -0.2) is 25.5 Å². The van der Waals surface area contributed by atoms with E-state index in [4.69, 9.17) is 4.74 Å². The van der Waals surface area contributed by atoms with Crippen molar-refractivity contribution in [3.05, 3.63) is 64.3 Å². The highest BCUT2D eigenvalue weighted by molar-refractivity contribution is 9.10. The van der Waals surface area contributed by atoms with E-state index in [1.165, 1.54) is 19.3 Å². The van der Waals surface area contributed by atoms with Crippen molar-refractivity contribution in [2.45, 2.75) is 17.7 Å². The number of hydrogen-bond donors (Lipinski definition) is 1. The number of halogens is 4. The van der Waals surface area contributed by atoms with Gasteiger partial charge in [0, 0.05) is 28.7 Å². The largest absolute Gasteiger partial charge is 0.445 e. The van der Waals surface area contributed by atoms with Gasteiger partial charge in [-0.1, -0.05) is 28.1 Å². The van der Waals surface area contributed by atoms with Gasteiger partial charge in [0.15, 0.2) is 0 Å². The number of carbonyl (C=O) groups excluding carboxylic acids is 1. The number of aromatic nitrogens is 1. The van der Waals surface area contributed by atoms with Crippen LogP contribution >= 0.6 is 15.9 Å². The highest BCUT2D eigenvalue weighted by Gasteiger charge is 2.32. The Labute approximate surface area is 172 Å². The number of benzene rings is 2. The molecule has 3 aromatic rings. The first-order valence-electron chi connectivity index (χ1n) is 8.11. The van der Waals surface area contributed by atoms with E-state index in [9.17, 15) is 26.4 Å². The second-order valence-electron chi connectivity index (χ2n) is 5.97. The summed E-state index contributed by atoms with van der Waals surface area (Å²) in [5.41, 5.74) is -0.460. The van der Waals surface area contributed by atoms with E-state index in [1.54, 1.807) is 12.1 Å². The molecule has 0 atom stereocenters. The summed E-state index contributed by atoms with van der Waals surface area (Å²) >= 11 is 3.26. The summed E-state index contributed by atoms with van der Waals surface area (Å²) in [6.45, 7) is -0.219. The molecule has 3 rings (SSSR count). The van der Waals surface area contributed by atoms with Gasteiger partial charge in [-0.25, -0.2) is 17.2 Å². The van der Waals surface area contributed by atoms with Crippen LogP contribution in [0, 0.1) is 0 Å². The van der Waals surface area contributed by atoms with Crippen molar-refractivity contribution in [2.75, 3.05) is 7.05 Å². The predicted molar refractivity (Wildman–Crippen MR) is 103 cm³/mol. The Morgan fingerprint density at radius 3 is 2.59 bits per heavy atom. The van der Waals surface area contributed by atoms with Crippen LogP contribution in [0.3, 0.4) is 0 Å². The molecule has 29 heavy (non-hydrogen) atoms. The van der Waals surface area contributed by atoms with Crippen molar-refractivity contribution in [3.8, 4) is 0 Å². The Bertz CT molecular complexity index is 1190. The SMILES string of the molecule is CNC(=O)OCc1cn(S(=O)(=O)c2cccc(C(F)(F)F)c2)c2cc(Br)ccc12. The van der Waals surface area contributed by atoms with Crippen LogP contribution in [0.15, 0.2) is 58.0 Å². The number of carbonyl (C=O) groups is 1. The van der Waals surface area contributed by atoms with E-state index < -0.39 is 32.8 Å². The first kappa shape index (κ1) is 21.2. The second-order valence-corrected chi connectivity index (χ2v) is 8.70. The third kappa shape index (κ3) is 4.25. The van der Waals surface area contributed by atoms with Crippen molar-refractivity contribution in [3.63, 3.8) is 0 Å². The number of ether oxygens (including phenoxy) is 1. The molecule has 0 fully saturated rings. The molecule has 2 aromatic carbocycles. The van der Waals surface area contributed by atoms with Crippen LogP contribution in [0.1, 0.15) is 11.1 Å². The summed E-state index contributed by atoms with van der Waals surface area (Å²) < 4.78 is 71.7. The minimum absolute atomic E-state index is 0.219. The van der Waals surface area contributed by atoms with E-state index in [0.29, 0.717) is 21.5 Å². The van der Waals surface area contributed by atoms with Gasteiger partial charge in [-0.2, -0.15) is 13.2 Å². The van der Waals surface area contributed by atoms with Gasteiger partial charge in [-0.15, -0.1) is 0 Å². The number of nitrogens with zero attached hydrogens (tertiary/aromatic N) is 1. The molecule has 0 aliphatic carbocycles. The van der Waals surface area contributed by atoms with E-state index >= 15 is 0 Å². The van der Waals surface area contributed by atoms with Crippen molar-refractivity contribution >= 4 is 42.9 Å². The zero-order valence-corrected chi connectivity index (χ0v) is 17.2. The average molecular weight is 491 g/mol. The molecule has 0 aliphatic rings. The summed E-state index contributed by atoms with van der Waals surface area (Å²) in [5, 5.41) is 2.75. The Balaban J connectivity index is 2.15. The first-order valence-corrected chi connectivity index (χ1v) is 10.3. The molecule has 1 aromatic heterocycles.